The molecule has 1 aromatic heterocycles. The summed E-state index contributed by atoms with van der Waals surface area (Å²) in [5, 5.41) is 2.83. The summed E-state index contributed by atoms with van der Waals surface area (Å²) < 4.78 is 75.0. The van der Waals surface area contributed by atoms with Crippen LogP contribution in [0.25, 0.3) is 10.9 Å². The minimum Gasteiger partial charge on any atom is -0.408 e. The SMILES string of the molecule is CCN(CC)C(=O)Oc1ccc2c(ccn2Cc2ccc(F)cc2)c1NC(=O)c1ccc(F)cc1C(F)(F)F. The van der Waals surface area contributed by atoms with Crippen LogP contribution in [-0.4, -0.2) is 34.6 Å². The van der Waals surface area contributed by atoms with Crippen LogP contribution >= 0.6 is 0 Å². The molecule has 2 amide bonds. The van der Waals surface area contributed by atoms with Gasteiger partial charge in [-0.15, -0.1) is 0 Å². The van der Waals surface area contributed by atoms with Gasteiger partial charge in [0.25, 0.3) is 5.91 Å². The van der Waals surface area contributed by atoms with E-state index in [4.69, 9.17) is 4.74 Å². The van der Waals surface area contributed by atoms with Crippen LogP contribution in [0.1, 0.15) is 35.3 Å². The van der Waals surface area contributed by atoms with Crippen LogP contribution in [-0.2, 0) is 12.7 Å². The van der Waals surface area contributed by atoms with E-state index in [0.29, 0.717) is 30.5 Å². The van der Waals surface area contributed by atoms with Gasteiger partial charge in [-0.25, -0.2) is 13.6 Å². The minimum atomic E-state index is -4.99. The maximum Gasteiger partial charge on any atom is 0.417 e. The molecule has 0 saturated carbocycles. The zero-order valence-electron chi connectivity index (χ0n) is 21.0. The number of nitrogens with one attached hydrogen (secondary N) is 1. The van der Waals surface area contributed by atoms with E-state index >= 15 is 0 Å². The molecule has 4 rings (SSSR count). The van der Waals surface area contributed by atoms with E-state index in [2.05, 4.69) is 5.32 Å². The van der Waals surface area contributed by atoms with E-state index < -0.39 is 35.1 Å². The molecule has 0 spiro atoms. The van der Waals surface area contributed by atoms with Gasteiger partial charge in [0.1, 0.15) is 11.6 Å². The fraction of sp³-hybridized carbons (Fsp3) is 0.214. The van der Waals surface area contributed by atoms with Gasteiger partial charge in [-0.1, -0.05) is 12.1 Å². The fourth-order valence-corrected chi connectivity index (χ4v) is 4.16. The van der Waals surface area contributed by atoms with Gasteiger partial charge in [0.15, 0.2) is 5.75 Å². The summed E-state index contributed by atoms with van der Waals surface area (Å²) in [7, 11) is 0. The molecule has 0 radical (unpaired) electrons. The van der Waals surface area contributed by atoms with Crippen LogP contribution in [0.3, 0.4) is 0 Å². The largest absolute Gasteiger partial charge is 0.417 e. The van der Waals surface area contributed by atoms with E-state index in [1.807, 2.05) is 0 Å². The van der Waals surface area contributed by atoms with E-state index in [1.165, 1.54) is 23.1 Å². The van der Waals surface area contributed by atoms with E-state index in [9.17, 15) is 31.5 Å². The van der Waals surface area contributed by atoms with E-state index in [0.717, 1.165) is 17.7 Å². The molecule has 4 aromatic rings. The first-order chi connectivity index (χ1) is 18.5. The molecule has 6 nitrogen and oxygen atoms in total. The quantitative estimate of drug-likeness (QED) is 0.253. The van der Waals surface area contributed by atoms with Gasteiger partial charge in [-0.05, 0) is 67.9 Å². The van der Waals surface area contributed by atoms with Crippen LogP contribution in [0.15, 0.2) is 66.9 Å². The van der Waals surface area contributed by atoms with Crippen LogP contribution in [0.5, 0.6) is 5.75 Å². The number of anilines is 1. The Balaban J connectivity index is 1.78. The number of carbonyl (C=O) groups excluding carboxylic acids is 2. The molecule has 204 valence electrons. The smallest absolute Gasteiger partial charge is 0.408 e. The standard InChI is InChI=1S/C28H24F5N3O3/c1-3-35(4-2)27(38)39-24-12-11-23-21(13-14-36(23)16-17-5-7-18(29)8-6-17)25(24)34-26(37)20-10-9-19(30)15-22(20)28(31,32)33/h5-15H,3-4,16H2,1-2H3,(H,34,37). The lowest BCUT2D eigenvalue weighted by Gasteiger charge is -2.20. The molecule has 0 aliphatic heterocycles. The molecule has 0 aliphatic rings. The number of nitrogens with zero attached hydrogens (tertiary/aromatic N) is 2. The van der Waals surface area contributed by atoms with Crippen molar-refractivity contribution in [2.24, 2.45) is 0 Å². The maximum atomic E-state index is 13.6. The fourth-order valence-electron chi connectivity index (χ4n) is 4.16. The van der Waals surface area contributed by atoms with Crippen molar-refractivity contribution in [2.75, 3.05) is 18.4 Å². The highest BCUT2D eigenvalue weighted by molar-refractivity contribution is 6.11. The Bertz CT molecular complexity index is 1510. The third kappa shape index (κ3) is 6.02. The molecule has 11 heteroatoms. The second kappa shape index (κ2) is 11.1. The Morgan fingerprint density at radius 2 is 1.59 bits per heavy atom. The number of hydrogen-bond donors (Lipinski definition) is 1. The Morgan fingerprint density at radius 3 is 2.23 bits per heavy atom. The number of benzene rings is 3. The van der Waals surface area contributed by atoms with Gasteiger partial charge < -0.3 is 19.5 Å². The first-order valence-electron chi connectivity index (χ1n) is 12.0. The monoisotopic (exact) mass is 545 g/mol. The highest BCUT2D eigenvalue weighted by Gasteiger charge is 2.36. The number of amides is 2. The van der Waals surface area contributed by atoms with Crippen molar-refractivity contribution in [1.82, 2.24) is 9.47 Å². The molecule has 0 aliphatic carbocycles. The Hall–Kier alpha value is -4.41. The van der Waals surface area contributed by atoms with Gasteiger partial charge in [-0.3, -0.25) is 4.79 Å². The Labute approximate surface area is 220 Å². The summed E-state index contributed by atoms with van der Waals surface area (Å²) in [6, 6.07) is 12.3. The van der Waals surface area contributed by atoms with Gasteiger partial charge in [0, 0.05) is 31.2 Å². The zero-order chi connectivity index (χ0) is 28.3. The topological polar surface area (TPSA) is 63.6 Å². The molecular weight excluding hydrogens is 521 g/mol. The van der Waals surface area contributed by atoms with Crippen LogP contribution < -0.4 is 10.1 Å². The zero-order valence-corrected chi connectivity index (χ0v) is 21.0. The number of fused-ring (bicyclic) bond motifs is 1. The third-order valence-corrected chi connectivity index (χ3v) is 6.17. The Kier molecular flexibility index (Phi) is 7.89. The maximum absolute atomic E-state index is 13.6. The molecule has 1 N–H and O–H groups in total. The van der Waals surface area contributed by atoms with Crippen molar-refractivity contribution in [1.29, 1.82) is 0 Å². The van der Waals surface area contributed by atoms with E-state index in [-0.39, 0.29) is 23.3 Å². The summed E-state index contributed by atoms with van der Waals surface area (Å²) in [5.41, 5.74) is -0.936. The lowest BCUT2D eigenvalue weighted by atomic mass is 10.1. The number of rotatable bonds is 7. The summed E-state index contributed by atoms with van der Waals surface area (Å²) in [6.45, 7) is 4.51. The molecule has 3 aromatic carbocycles. The predicted octanol–water partition coefficient (Wildman–Crippen LogP) is 7.08. The first-order valence-corrected chi connectivity index (χ1v) is 12.0. The van der Waals surface area contributed by atoms with Crippen molar-refractivity contribution in [2.45, 2.75) is 26.6 Å². The molecular formula is C28H24F5N3O3. The number of hydrogen-bond acceptors (Lipinski definition) is 3. The van der Waals surface area contributed by atoms with Gasteiger partial charge in [-0.2, -0.15) is 13.2 Å². The summed E-state index contributed by atoms with van der Waals surface area (Å²) in [4.78, 5) is 27.2. The number of halogens is 5. The van der Waals surface area contributed by atoms with Gasteiger partial charge in [0.05, 0.1) is 22.3 Å². The number of alkyl halides is 3. The lowest BCUT2D eigenvalue weighted by Crippen LogP contribution is -2.33. The second-order valence-electron chi connectivity index (χ2n) is 8.62. The third-order valence-electron chi connectivity index (χ3n) is 6.17. The van der Waals surface area contributed by atoms with Crippen LogP contribution in [0, 0.1) is 11.6 Å². The minimum absolute atomic E-state index is 0.0340. The highest BCUT2D eigenvalue weighted by Crippen LogP contribution is 2.37. The molecule has 1 heterocycles. The summed E-state index contributed by atoms with van der Waals surface area (Å²) in [6.07, 6.45) is -4.02. The normalized spacial score (nSPS) is 11.5. The average Bonchev–Trinajstić information content (AvgIpc) is 3.29. The summed E-state index contributed by atoms with van der Waals surface area (Å²) in [5.74, 6) is -2.78. The van der Waals surface area contributed by atoms with Crippen molar-refractivity contribution in [3.63, 3.8) is 0 Å². The lowest BCUT2D eigenvalue weighted by molar-refractivity contribution is -0.138. The predicted molar refractivity (Wildman–Crippen MR) is 136 cm³/mol. The van der Waals surface area contributed by atoms with Crippen molar-refractivity contribution >= 4 is 28.6 Å². The van der Waals surface area contributed by atoms with Crippen LogP contribution in [0.4, 0.5) is 32.4 Å². The van der Waals surface area contributed by atoms with E-state index in [1.54, 1.807) is 48.9 Å². The Morgan fingerprint density at radius 1 is 0.923 bits per heavy atom. The van der Waals surface area contributed by atoms with Crippen LogP contribution in [0.2, 0.25) is 0 Å². The first kappa shape index (κ1) is 27.6. The number of aromatic nitrogens is 1. The van der Waals surface area contributed by atoms with Crippen molar-refractivity contribution in [3.8, 4) is 5.75 Å². The second-order valence-corrected chi connectivity index (χ2v) is 8.62. The average molecular weight is 546 g/mol. The van der Waals surface area contributed by atoms with Crippen molar-refractivity contribution in [3.05, 3.63) is 95.2 Å². The molecule has 0 bridgehead atoms. The van der Waals surface area contributed by atoms with Gasteiger partial charge >= 0.3 is 12.3 Å². The number of ether oxygens (including phenoxy) is 1. The molecule has 0 saturated heterocycles. The van der Waals surface area contributed by atoms with Crippen molar-refractivity contribution < 1.29 is 36.3 Å². The van der Waals surface area contributed by atoms with Gasteiger partial charge in [0.2, 0.25) is 0 Å². The number of carbonyl (C=O) groups is 2. The summed E-state index contributed by atoms with van der Waals surface area (Å²) >= 11 is 0. The molecule has 0 fully saturated rings. The molecule has 0 unspecified atom stereocenters. The highest BCUT2D eigenvalue weighted by atomic mass is 19.4. The molecule has 39 heavy (non-hydrogen) atoms. The molecule has 0 atom stereocenters.